The number of carbonyl (C=O) groups excluding carboxylic acids is 1. The standard InChI is InChI=1S/C21H30N4O2.ClH/c1-16(2)15-27-19-14-25(18-7-5-4-6-8-18)23-20(19)21(26)24-11-9-17(10-12-24)13-22-3;/h4-8,14,16-17,22H,9-13,15H2,1-3H3;1H. The van der Waals surface area contributed by atoms with Gasteiger partial charge in [0.1, 0.15) is 0 Å². The van der Waals surface area contributed by atoms with Gasteiger partial charge in [0.15, 0.2) is 11.4 Å². The largest absolute Gasteiger partial charge is 0.489 e. The van der Waals surface area contributed by atoms with Crippen LogP contribution in [0.3, 0.4) is 0 Å². The molecule has 0 atom stereocenters. The lowest BCUT2D eigenvalue weighted by atomic mass is 9.96. The van der Waals surface area contributed by atoms with Gasteiger partial charge in [-0.25, -0.2) is 4.68 Å². The SMILES string of the molecule is CNCC1CCN(C(=O)c2nn(-c3ccccc3)cc2OCC(C)C)CC1.Cl. The maximum absolute atomic E-state index is 13.1. The highest BCUT2D eigenvalue weighted by Crippen LogP contribution is 2.25. The van der Waals surface area contributed by atoms with Crippen molar-refractivity contribution in [1.82, 2.24) is 20.0 Å². The Kier molecular flexibility index (Phi) is 8.33. The molecule has 0 unspecified atom stereocenters. The first-order valence-corrected chi connectivity index (χ1v) is 9.80. The number of aromatic nitrogens is 2. The van der Waals surface area contributed by atoms with E-state index in [2.05, 4.69) is 24.3 Å². The van der Waals surface area contributed by atoms with Gasteiger partial charge >= 0.3 is 0 Å². The fourth-order valence-corrected chi connectivity index (χ4v) is 3.36. The molecule has 0 radical (unpaired) electrons. The summed E-state index contributed by atoms with van der Waals surface area (Å²) in [5, 5.41) is 7.81. The van der Waals surface area contributed by atoms with Crippen LogP contribution in [0.15, 0.2) is 36.5 Å². The van der Waals surface area contributed by atoms with E-state index in [9.17, 15) is 4.79 Å². The van der Waals surface area contributed by atoms with Crippen LogP contribution in [0.5, 0.6) is 5.75 Å². The Labute approximate surface area is 173 Å². The van der Waals surface area contributed by atoms with Crippen molar-refractivity contribution >= 4 is 18.3 Å². The van der Waals surface area contributed by atoms with Crippen molar-refractivity contribution in [3.63, 3.8) is 0 Å². The number of nitrogens with zero attached hydrogens (tertiary/aromatic N) is 3. The van der Waals surface area contributed by atoms with Gasteiger partial charge in [0, 0.05) is 13.1 Å². The van der Waals surface area contributed by atoms with Crippen molar-refractivity contribution in [3.05, 3.63) is 42.2 Å². The molecule has 2 aromatic rings. The molecule has 0 spiro atoms. The fraction of sp³-hybridized carbons (Fsp3) is 0.524. The molecule has 7 heteroatoms. The Balaban J connectivity index is 0.00000280. The molecule has 3 rings (SSSR count). The average Bonchev–Trinajstić information content (AvgIpc) is 3.12. The minimum Gasteiger partial charge on any atom is -0.489 e. The van der Waals surface area contributed by atoms with Crippen molar-refractivity contribution in [1.29, 1.82) is 0 Å². The lowest BCUT2D eigenvalue weighted by molar-refractivity contribution is 0.0679. The van der Waals surface area contributed by atoms with E-state index in [1.54, 1.807) is 4.68 Å². The van der Waals surface area contributed by atoms with E-state index in [0.717, 1.165) is 38.2 Å². The molecule has 1 aromatic carbocycles. The Bertz CT molecular complexity index is 740. The summed E-state index contributed by atoms with van der Waals surface area (Å²) >= 11 is 0. The summed E-state index contributed by atoms with van der Waals surface area (Å²) in [6.07, 6.45) is 3.86. The van der Waals surface area contributed by atoms with Gasteiger partial charge in [0.2, 0.25) is 0 Å². The molecule has 2 heterocycles. The number of hydrogen-bond donors (Lipinski definition) is 1. The van der Waals surface area contributed by atoms with Crippen LogP contribution in [0.2, 0.25) is 0 Å². The number of carbonyl (C=O) groups is 1. The zero-order valence-electron chi connectivity index (χ0n) is 16.9. The highest BCUT2D eigenvalue weighted by molar-refractivity contribution is 5.95. The van der Waals surface area contributed by atoms with Crippen molar-refractivity contribution in [2.24, 2.45) is 11.8 Å². The molecular formula is C21H31ClN4O2. The van der Waals surface area contributed by atoms with E-state index in [1.165, 1.54) is 0 Å². The molecule has 0 saturated carbocycles. The van der Waals surface area contributed by atoms with Crippen LogP contribution in [-0.4, -0.2) is 53.9 Å². The normalized spacial score (nSPS) is 14.8. The lowest BCUT2D eigenvalue weighted by Gasteiger charge is -2.31. The molecule has 1 saturated heterocycles. The van der Waals surface area contributed by atoms with Crippen molar-refractivity contribution in [2.75, 3.05) is 33.3 Å². The monoisotopic (exact) mass is 406 g/mol. The minimum atomic E-state index is -0.0358. The summed E-state index contributed by atoms with van der Waals surface area (Å²) in [6, 6.07) is 9.82. The molecule has 28 heavy (non-hydrogen) atoms. The average molecular weight is 407 g/mol. The zero-order valence-corrected chi connectivity index (χ0v) is 17.7. The van der Waals surface area contributed by atoms with Gasteiger partial charge < -0.3 is 15.0 Å². The molecule has 1 fully saturated rings. The van der Waals surface area contributed by atoms with E-state index in [0.29, 0.717) is 29.9 Å². The molecular weight excluding hydrogens is 376 g/mol. The van der Waals surface area contributed by atoms with E-state index in [-0.39, 0.29) is 18.3 Å². The highest BCUT2D eigenvalue weighted by Gasteiger charge is 2.28. The first-order valence-electron chi connectivity index (χ1n) is 9.80. The van der Waals surface area contributed by atoms with E-state index >= 15 is 0 Å². The molecule has 1 aliphatic heterocycles. The predicted molar refractivity (Wildman–Crippen MR) is 114 cm³/mol. The number of nitrogens with one attached hydrogen (secondary N) is 1. The number of amides is 1. The molecule has 1 aromatic heterocycles. The van der Waals surface area contributed by atoms with Gasteiger partial charge in [0.25, 0.3) is 5.91 Å². The molecule has 1 N–H and O–H groups in total. The Morgan fingerprint density at radius 1 is 1.25 bits per heavy atom. The smallest absolute Gasteiger partial charge is 0.278 e. The molecule has 0 aliphatic carbocycles. The summed E-state index contributed by atoms with van der Waals surface area (Å²) in [5.74, 6) is 1.55. The maximum Gasteiger partial charge on any atom is 0.278 e. The number of benzene rings is 1. The van der Waals surface area contributed by atoms with Crippen LogP contribution in [0.25, 0.3) is 5.69 Å². The Morgan fingerprint density at radius 2 is 1.93 bits per heavy atom. The topological polar surface area (TPSA) is 59.4 Å². The number of halogens is 1. The number of piperidine rings is 1. The van der Waals surface area contributed by atoms with E-state index in [4.69, 9.17) is 4.74 Å². The zero-order chi connectivity index (χ0) is 19.2. The van der Waals surface area contributed by atoms with Crippen LogP contribution in [0.1, 0.15) is 37.2 Å². The number of likely N-dealkylation sites (tertiary alicyclic amines) is 1. The third kappa shape index (κ3) is 5.49. The second-order valence-electron chi connectivity index (χ2n) is 7.62. The number of rotatable bonds is 7. The summed E-state index contributed by atoms with van der Waals surface area (Å²) in [7, 11) is 1.98. The predicted octanol–water partition coefficient (Wildman–Crippen LogP) is 3.40. The quantitative estimate of drug-likeness (QED) is 0.765. The second-order valence-corrected chi connectivity index (χ2v) is 7.62. The summed E-state index contributed by atoms with van der Waals surface area (Å²) in [5.41, 5.74) is 1.32. The van der Waals surface area contributed by atoms with Crippen LogP contribution < -0.4 is 10.1 Å². The van der Waals surface area contributed by atoms with Crippen LogP contribution in [0, 0.1) is 11.8 Å². The van der Waals surface area contributed by atoms with E-state index < -0.39 is 0 Å². The van der Waals surface area contributed by atoms with Gasteiger partial charge in [-0.05, 0) is 50.4 Å². The molecule has 6 nitrogen and oxygen atoms in total. The minimum absolute atomic E-state index is 0. The molecule has 1 amide bonds. The van der Waals surface area contributed by atoms with Crippen molar-refractivity contribution < 1.29 is 9.53 Å². The molecule has 154 valence electrons. The summed E-state index contributed by atoms with van der Waals surface area (Å²) < 4.78 is 7.66. The first kappa shape index (κ1) is 22.2. The van der Waals surface area contributed by atoms with Crippen molar-refractivity contribution in [3.8, 4) is 11.4 Å². The molecule has 0 bridgehead atoms. The van der Waals surface area contributed by atoms with Gasteiger partial charge in [-0.1, -0.05) is 32.0 Å². The summed E-state index contributed by atoms with van der Waals surface area (Å²) in [6.45, 7) is 7.30. The van der Waals surface area contributed by atoms with Crippen LogP contribution in [-0.2, 0) is 0 Å². The lowest BCUT2D eigenvalue weighted by Crippen LogP contribution is -2.40. The van der Waals surface area contributed by atoms with Gasteiger partial charge in [0.05, 0.1) is 18.5 Å². The second kappa shape index (κ2) is 10.5. The number of ether oxygens (including phenoxy) is 1. The summed E-state index contributed by atoms with van der Waals surface area (Å²) in [4.78, 5) is 15.0. The highest BCUT2D eigenvalue weighted by atomic mass is 35.5. The maximum atomic E-state index is 13.1. The number of para-hydroxylation sites is 1. The Morgan fingerprint density at radius 3 is 2.54 bits per heavy atom. The van der Waals surface area contributed by atoms with Gasteiger partial charge in [-0.3, -0.25) is 4.79 Å². The Hall–Kier alpha value is -2.05. The first-order chi connectivity index (χ1) is 13.1. The van der Waals surface area contributed by atoms with Crippen molar-refractivity contribution in [2.45, 2.75) is 26.7 Å². The molecule has 1 aliphatic rings. The van der Waals surface area contributed by atoms with Crippen LogP contribution >= 0.6 is 12.4 Å². The van der Waals surface area contributed by atoms with Gasteiger partial charge in [-0.15, -0.1) is 12.4 Å². The third-order valence-electron chi connectivity index (χ3n) is 4.87. The van der Waals surface area contributed by atoms with Crippen LogP contribution in [0.4, 0.5) is 0 Å². The van der Waals surface area contributed by atoms with E-state index in [1.807, 2.05) is 48.5 Å². The van der Waals surface area contributed by atoms with Gasteiger partial charge in [-0.2, -0.15) is 5.10 Å². The number of hydrogen-bond acceptors (Lipinski definition) is 4. The fourth-order valence-electron chi connectivity index (χ4n) is 3.36. The third-order valence-corrected chi connectivity index (χ3v) is 4.87.